The van der Waals surface area contributed by atoms with E-state index in [9.17, 15) is 24.5 Å². The summed E-state index contributed by atoms with van der Waals surface area (Å²) in [5.41, 5.74) is 0.853. The number of carbonyl (C=O) groups is 3. The maximum absolute atomic E-state index is 12.2. The second-order valence-electron chi connectivity index (χ2n) is 7.34. The molecule has 29 heavy (non-hydrogen) atoms. The number of nitro groups is 1. The lowest BCUT2D eigenvalue weighted by atomic mass is 9.88. The molecule has 9 nitrogen and oxygen atoms in total. The first-order valence-electron chi connectivity index (χ1n) is 9.45. The van der Waals surface area contributed by atoms with Gasteiger partial charge in [0.05, 0.1) is 13.5 Å². The average Bonchev–Trinajstić information content (AvgIpc) is 2.92. The summed E-state index contributed by atoms with van der Waals surface area (Å²) >= 11 is 0. The Hall–Kier alpha value is -2.97. The quantitative estimate of drug-likeness (QED) is 0.376. The number of rotatable bonds is 9. The monoisotopic (exact) mass is 406 g/mol. The van der Waals surface area contributed by atoms with Gasteiger partial charge in [0.1, 0.15) is 11.5 Å². The average molecular weight is 406 g/mol. The lowest BCUT2D eigenvalue weighted by Gasteiger charge is -2.18. The molecule has 1 amide bonds. The molecule has 0 aliphatic heterocycles. The van der Waals surface area contributed by atoms with Gasteiger partial charge in [0.15, 0.2) is 6.10 Å². The van der Waals surface area contributed by atoms with Crippen LogP contribution in [-0.4, -0.2) is 42.3 Å². The Labute approximate surface area is 168 Å². The fourth-order valence-electron chi connectivity index (χ4n) is 3.55. The minimum Gasteiger partial charge on any atom is -0.497 e. The van der Waals surface area contributed by atoms with Crippen LogP contribution in [0, 0.1) is 27.9 Å². The zero-order chi connectivity index (χ0) is 21.6. The molecule has 1 aromatic carbocycles. The second kappa shape index (κ2) is 9.99. The summed E-state index contributed by atoms with van der Waals surface area (Å²) in [5, 5.41) is 13.5. The third-order valence-electron chi connectivity index (χ3n) is 5.23. The number of benzene rings is 1. The van der Waals surface area contributed by atoms with Crippen LogP contribution >= 0.6 is 0 Å². The Morgan fingerprint density at radius 1 is 1.31 bits per heavy atom. The summed E-state index contributed by atoms with van der Waals surface area (Å²) in [5.74, 6) is -2.04. The third-order valence-corrected chi connectivity index (χ3v) is 5.23. The van der Waals surface area contributed by atoms with Crippen LogP contribution in [0.4, 0.5) is 0 Å². The molecule has 158 valence electrons. The van der Waals surface area contributed by atoms with Crippen molar-refractivity contribution >= 4 is 17.7 Å². The molecule has 1 aliphatic carbocycles. The van der Waals surface area contributed by atoms with Gasteiger partial charge in [-0.15, -0.1) is 0 Å². The third kappa shape index (κ3) is 6.27. The smallest absolute Gasteiger partial charge is 0.307 e. The maximum atomic E-state index is 12.2. The largest absolute Gasteiger partial charge is 0.497 e. The number of hydrogen-bond acceptors (Lipinski definition) is 7. The predicted molar refractivity (Wildman–Crippen MR) is 103 cm³/mol. The van der Waals surface area contributed by atoms with Crippen LogP contribution in [0.3, 0.4) is 0 Å². The van der Waals surface area contributed by atoms with Gasteiger partial charge in [-0.25, -0.2) is 0 Å². The van der Waals surface area contributed by atoms with E-state index in [4.69, 9.17) is 9.47 Å². The zero-order valence-electron chi connectivity index (χ0n) is 16.8. The number of nitrogens with one attached hydrogen (secondary N) is 1. The van der Waals surface area contributed by atoms with Gasteiger partial charge in [0, 0.05) is 29.7 Å². The summed E-state index contributed by atoms with van der Waals surface area (Å²) in [6.07, 6.45) is -1.07. The van der Waals surface area contributed by atoms with E-state index in [0.29, 0.717) is 5.75 Å². The summed E-state index contributed by atoms with van der Waals surface area (Å²) in [7, 11) is 1.56. The van der Waals surface area contributed by atoms with E-state index in [2.05, 4.69) is 5.32 Å². The van der Waals surface area contributed by atoms with Gasteiger partial charge in [-0.2, -0.15) is 0 Å². The minimum absolute atomic E-state index is 0.157. The number of ether oxygens (including phenoxy) is 2. The van der Waals surface area contributed by atoms with Gasteiger partial charge < -0.3 is 14.8 Å². The van der Waals surface area contributed by atoms with Gasteiger partial charge in [-0.1, -0.05) is 19.1 Å². The van der Waals surface area contributed by atoms with Crippen LogP contribution in [0.25, 0.3) is 0 Å². The summed E-state index contributed by atoms with van der Waals surface area (Å²) in [6.45, 7) is 3.11. The van der Waals surface area contributed by atoms with Gasteiger partial charge in [0.25, 0.3) is 5.91 Å². The molecular formula is C20H26N2O7. The Balaban J connectivity index is 1.84. The first-order valence-corrected chi connectivity index (χ1v) is 9.45. The van der Waals surface area contributed by atoms with Gasteiger partial charge in [-0.3, -0.25) is 24.5 Å². The van der Waals surface area contributed by atoms with Crippen LogP contribution in [0.1, 0.15) is 32.3 Å². The van der Waals surface area contributed by atoms with Crippen molar-refractivity contribution in [2.45, 2.75) is 39.3 Å². The van der Waals surface area contributed by atoms with Crippen LogP contribution in [-0.2, 0) is 25.7 Å². The Bertz CT molecular complexity index is 763. The van der Waals surface area contributed by atoms with E-state index in [1.807, 2.05) is 0 Å². The molecule has 0 bridgehead atoms. The highest BCUT2D eigenvalue weighted by atomic mass is 16.6. The fraction of sp³-hybridized carbons (Fsp3) is 0.550. The molecule has 0 spiro atoms. The molecule has 0 radical (unpaired) electrons. The number of Topliss-reactive ketones (excluding diaryl/α,β-unsaturated/α-hetero) is 1. The fourth-order valence-corrected chi connectivity index (χ4v) is 3.55. The number of esters is 1. The molecule has 0 heterocycles. The molecule has 1 aromatic rings. The van der Waals surface area contributed by atoms with Crippen molar-refractivity contribution in [1.29, 1.82) is 0 Å². The normalized spacial score (nSPS) is 22.0. The molecule has 0 aromatic heterocycles. The van der Waals surface area contributed by atoms with Gasteiger partial charge in [0.2, 0.25) is 6.54 Å². The van der Waals surface area contributed by atoms with Crippen molar-refractivity contribution in [2.75, 3.05) is 13.7 Å². The van der Waals surface area contributed by atoms with Crippen molar-refractivity contribution in [3.05, 3.63) is 39.9 Å². The zero-order valence-corrected chi connectivity index (χ0v) is 16.8. The van der Waals surface area contributed by atoms with Crippen molar-refractivity contribution in [2.24, 2.45) is 17.8 Å². The first kappa shape index (κ1) is 22.3. The van der Waals surface area contributed by atoms with E-state index < -0.39 is 34.7 Å². The molecule has 2 rings (SSSR count). The van der Waals surface area contributed by atoms with E-state index in [1.54, 1.807) is 38.3 Å². The highest BCUT2D eigenvalue weighted by Crippen LogP contribution is 2.36. The lowest BCUT2D eigenvalue weighted by molar-refractivity contribution is -0.490. The Morgan fingerprint density at radius 2 is 1.97 bits per heavy atom. The van der Waals surface area contributed by atoms with Gasteiger partial charge in [-0.05, 0) is 30.5 Å². The molecule has 1 saturated carbocycles. The summed E-state index contributed by atoms with van der Waals surface area (Å²) < 4.78 is 10.2. The van der Waals surface area contributed by atoms with Crippen LogP contribution in [0.2, 0.25) is 0 Å². The molecule has 1 fully saturated rings. The highest BCUT2D eigenvalue weighted by Gasteiger charge is 2.44. The number of nitrogens with zero attached hydrogens (tertiary/aromatic N) is 1. The summed E-state index contributed by atoms with van der Waals surface area (Å²) in [4.78, 5) is 46.9. The SMILES string of the molecule is COc1ccc(CNC(=O)[C@H](C)OC(=O)C[C@H]2C(=O)C[C@@H](C)[C@H]2C[N+](=O)[O-])cc1. The number of amides is 1. The molecule has 1 aliphatic rings. The Morgan fingerprint density at radius 3 is 2.55 bits per heavy atom. The van der Waals surface area contributed by atoms with E-state index in [1.165, 1.54) is 6.92 Å². The number of hydrogen-bond donors (Lipinski definition) is 1. The first-order chi connectivity index (χ1) is 13.7. The van der Waals surface area contributed by atoms with Crippen molar-refractivity contribution < 1.29 is 28.8 Å². The standard InChI is InChI=1S/C20H26N2O7/c1-12-8-18(23)16(17(12)11-22(26)27)9-19(24)29-13(2)20(25)21-10-14-4-6-15(28-3)7-5-14/h4-7,12-13,16-17H,8-11H2,1-3H3,(H,21,25)/t12-,13+,16-,17-/m1/s1. The van der Waals surface area contributed by atoms with E-state index >= 15 is 0 Å². The molecule has 0 unspecified atom stereocenters. The molecule has 4 atom stereocenters. The van der Waals surface area contributed by atoms with Crippen LogP contribution < -0.4 is 10.1 Å². The number of methoxy groups -OCH3 is 1. The number of carbonyl (C=O) groups excluding carboxylic acids is 3. The predicted octanol–water partition coefficient (Wildman–Crippen LogP) is 1.75. The minimum atomic E-state index is -1.04. The molecule has 9 heteroatoms. The van der Waals surface area contributed by atoms with Crippen molar-refractivity contribution in [3.8, 4) is 5.75 Å². The van der Waals surface area contributed by atoms with Crippen molar-refractivity contribution in [3.63, 3.8) is 0 Å². The number of ketones is 1. The van der Waals surface area contributed by atoms with Crippen LogP contribution in [0.15, 0.2) is 24.3 Å². The lowest BCUT2D eigenvalue weighted by Crippen LogP contribution is -2.36. The van der Waals surface area contributed by atoms with Crippen LogP contribution in [0.5, 0.6) is 5.75 Å². The topological polar surface area (TPSA) is 125 Å². The van der Waals surface area contributed by atoms with Gasteiger partial charge >= 0.3 is 5.97 Å². The Kier molecular flexibility index (Phi) is 7.69. The molecular weight excluding hydrogens is 380 g/mol. The molecule has 0 saturated heterocycles. The van der Waals surface area contributed by atoms with Crippen molar-refractivity contribution in [1.82, 2.24) is 5.32 Å². The van der Waals surface area contributed by atoms with E-state index in [-0.39, 0.29) is 37.6 Å². The second-order valence-corrected chi connectivity index (χ2v) is 7.34. The van der Waals surface area contributed by atoms with E-state index in [0.717, 1.165) is 5.56 Å². The maximum Gasteiger partial charge on any atom is 0.307 e. The highest BCUT2D eigenvalue weighted by molar-refractivity contribution is 5.89. The summed E-state index contributed by atoms with van der Waals surface area (Å²) in [6, 6.07) is 7.15. The molecule has 1 N–H and O–H groups in total.